The molecule has 104 valence electrons. The van der Waals surface area contributed by atoms with Crippen LogP contribution in [0, 0.1) is 5.92 Å². The Morgan fingerprint density at radius 1 is 1.30 bits per heavy atom. The molecule has 4 nitrogen and oxygen atoms in total. The highest BCUT2D eigenvalue weighted by molar-refractivity contribution is 9.10. The first-order valence-electron chi connectivity index (χ1n) is 5.98. The van der Waals surface area contributed by atoms with Crippen molar-refractivity contribution in [1.82, 2.24) is 0 Å². The SMILES string of the molecule is CC1(c2cccc(Br)c2)C(C(=O)O)=CC=CC1C(=O)O. The minimum atomic E-state index is -1.11. The van der Waals surface area contributed by atoms with E-state index in [0.29, 0.717) is 5.56 Å². The van der Waals surface area contributed by atoms with Gasteiger partial charge in [-0.3, -0.25) is 4.79 Å². The van der Waals surface area contributed by atoms with Crippen molar-refractivity contribution in [2.75, 3.05) is 0 Å². The summed E-state index contributed by atoms with van der Waals surface area (Å²) in [7, 11) is 0. The van der Waals surface area contributed by atoms with Crippen LogP contribution in [0.2, 0.25) is 0 Å². The summed E-state index contributed by atoms with van der Waals surface area (Å²) in [5, 5.41) is 18.8. The number of hydrogen-bond donors (Lipinski definition) is 2. The molecule has 2 unspecified atom stereocenters. The largest absolute Gasteiger partial charge is 0.481 e. The van der Waals surface area contributed by atoms with Crippen LogP contribution in [-0.4, -0.2) is 22.2 Å². The number of carboxylic acid groups (broad SMARTS) is 2. The smallest absolute Gasteiger partial charge is 0.332 e. The highest BCUT2D eigenvalue weighted by Gasteiger charge is 2.46. The topological polar surface area (TPSA) is 74.6 Å². The molecule has 1 aromatic carbocycles. The molecule has 2 rings (SSSR count). The number of halogens is 1. The summed E-state index contributed by atoms with van der Waals surface area (Å²) in [5.41, 5.74) is -0.390. The van der Waals surface area contributed by atoms with E-state index in [-0.39, 0.29) is 5.57 Å². The fourth-order valence-corrected chi connectivity index (χ4v) is 2.96. The zero-order valence-corrected chi connectivity index (χ0v) is 12.3. The van der Waals surface area contributed by atoms with Gasteiger partial charge in [0.2, 0.25) is 0 Å². The van der Waals surface area contributed by atoms with E-state index in [9.17, 15) is 19.8 Å². The quantitative estimate of drug-likeness (QED) is 0.889. The zero-order chi connectivity index (χ0) is 14.9. The molecule has 1 aliphatic rings. The highest BCUT2D eigenvalue weighted by Crippen LogP contribution is 2.43. The Kier molecular flexibility index (Phi) is 3.81. The number of carboxylic acids is 2. The Hall–Kier alpha value is -1.88. The molecule has 0 heterocycles. The predicted octanol–water partition coefficient (Wildman–Crippen LogP) is 2.99. The lowest BCUT2D eigenvalue weighted by atomic mass is 9.64. The number of rotatable bonds is 3. The molecular formula is C15H13BrO4. The van der Waals surface area contributed by atoms with E-state index in [1.165, 1.54) is 18.2 Å². The van der Waals surface area contributed by atoms with Crippen molar-refractivity contribution in [2.24, 2.45) is 5.92 Å². The van der Waals surface area contributed by atoms with Crippen LogP contribution in [0.15, 0.2) is 52.5 Å². The predicted molar refractivity (Wildman–Crippen MR) is 77.5 cm³/mol. The molecule has 20 heavy (non-hydrogen) atoms. The molecule has 0 aliphatic heterocycles. The van der Waals surface area contributed by atoms with Gasteiger partial charge in [0.15, 0.2) is 0 Å². The van der Waals surface area contributed by atoms with Crippen LogP contribution in [0.3, 0.4) is 0 Å². The van der Waals surface area contributed by atoms with Crippen LogP contribution >= 0.6 is 15.9 Å². The second-order valence-corrected chi connectivity index (χ2v) is 5.71. The molecule has 0 bridgehead atoms. The van der Waals surface area contributed by atoms with Crippen molar-refractivity contribution in [1.29, 1.82) is 0 Å². The fourth-order valence-electron chi connectivity index (χ4n) is 2.57. The fraction of sp³-hybridized carbons (Fsp3) is 0.200. The van der Waals surface area contributed by atoms with E-state index >= 15 is 0 Å². The summed E-state index contributed by atoms with van der Waals surface area (Å²) in [6.45, 7) is 1.65. The van der Waals surface area contributed by atoms with Gasteiger partial charge in [-0.2, -0.15) is 0 Å². The Balaban J connectivity index is 2.67. The molecule has 0 aromatic heterocycles. The molecule has 0 radical (unpaired) electrons. The number of aliphatic carboxylic acids is 2. The summed E-state index contributed by atoms with van der Waals surface area (Å²) in [6.07, 6.45) is 4.47. The molecule has 0 spiro atoms. The molecule has 1 aromatic rings. The van der Waals surface area contributed by atoms with E-state index < -0.39 is 23.3 Å². The van der Waals surface area contributed by atoms with Gasteiger partial charge in [0.05, 0.1) is 5.92 Å². The van der Waals surface area contributed by atoms with Gasteiger partial charge in [-0.1, -0.05) is 46.3 Å². The van der Waals surface area contributed by atoms with E-state index in [2.05, 4.69) is 15.9 Å². The summed E-state index contributed by atoms with van der Waals surface area (Å²) >= 11 is 3.33. The monoisotopic (exact) mass is 336 g/mol. The van der Waals surface area contributed by atoms with Gasteiger partial charge in [-0.25, -0.2) is 4.79 Å². The van der Waals surface area contributed by atoms with Crippen LogP contribution in [-0.2, 0) is 15.0 Å². The zero-order valence-electron chi connectivity index (χ0n) is 10.7. The molecule has 1 aliphatic carbocycles. The second-order valence-electron chi connectivity index (χ2n) is 4.80. The maximum absolute atomic E-state index is 11.5. The van der Waals surface area contributed by atoms with Gasteiger partial charge in [-0.15, -0.1) is 0 Å². The van der Waals surface area contributed by atoms with Crippen LogP contribution in [0.1, 0.15) is 12.5 Å². The van der Waals surface area contributed by atoms with Crippen molar-refractivity contribution in [3.63, 3.8) is 0 Å². The molecular weight excluding hydrogens is 324 g/mol. The van der Waals surface area contributed by atoms with Crippen molar-refractivity contribution in [3.8, 4) is 0 Å². The first-order chi connectivity index (χ1) is 9.37. The van der Waals surface area contributed by atoms with Gasteiger partial charge in [0.1, 0.15) is 0 Å². The van der Waals surface area contributed by atoms with Crippen LogP contribution in [0.5, 0.6) is 0 Å². The number of allylic oxidation sites excluding steroid dienone is 2. The molecule has 2 N–H and O–H groups in total. The van der Waals surface area contributed by atoms with Crippen LogP contribution in [0.25, 0.3) is 0 Å². The van der Waals surface area contributed by atoms with Gasteiger partial charge in [0, 0.05) is 15.5 Å². The van der Waals surface area contributed by atoms with E-state index in [0.717, 1.165) is 4.47 Å². The van der Waals surface area contributed by atoms with Crippen molar-refractivity contribution in [2.45, 2.75) is 12.3 Å². The lowest BCUT2D eigenvalue weighted by Gasteiger charge is -2.37. The maximum Gasteiger partial charge on any atom is 0.332 e. The van der Waals surface area contributed by atoms with Gasteiger partial charge >= 0.3 is 11.9 Å². The lowest BCUT2D eigenvalue weighted by molar-refractivity contribution is -0.142. The third-order valence-corrected chi connectivity index (χ3v) is 4.16. The third-order valence-electron chi connectivity index (χ3n) is 3.67. The number of hydrogen-bond acceptors (Lipinski definition) is 2. The first kappa shape index (κ1) is 14.5. The van der Waals surface area contributed by atoms with E-state index in [4.69, 9.17) is 0 Å². The summed E-state index contributed by atoms with van der Waals surface area (Å²) < 4.78 is 0.777. The molecule has 0 amide bonds. The molecule has 0 saturated carbocycles. The molecule has 2 atom stereocenters. The summed E-state index contributed by atoms with van der Waals surface area (Å²) in [4.78, 5) is 23.0. The van der Waals surface area contributed by atoms with E-state index in [1.807, 2.05) is 6.07 Å². The van der Waals surface area contributed by atoms with Crippen molar-refractivity contribution in [3.05, 3.63) is 58.1 Å². The average molecular weight is 337 g/mol. The third kappa shape index (κ3) is 2.29. The second kappa shape index (κ2) is 5.25. The standard InChI is InChI=1S/C15H13BrO4/c1-15(9-4-2-5-10(16)8-9)11(13(17)18)6-3-7-12(15)14(19)20/h2-8,11H,1H3,(H,17,18)(H,19,20). The van der Waals surface area contributed by atoms with Crippen molar-refractivity contribution < 1.29 is 19.8 Å². The molecule has 0 fully saturated rings. The summed E-state index contributed by atoms with van der Waals surface area (Å²) in [5.74, 6) is -3.08. The Bertz CT molecular complexity index is 633. The number of carbonyl (C=O) groups is 2. The van der Waals surface area contributed by atoms with E-state index in [1.54, 1.807) is 25.1 Å². The van der Waals surface area contributed by atoms with Crippen LogP contribution in [0.4, 0.5) is 0 Å². The average Bonchev–Trinajstić information content (AvgIpc) is 2.38. The Morgan fingerprint density at radius 2 is 2.00 bits per heavy atom. The minimum absolute atomic E-state index is 0.0745. The lowest BCUT2D eigenvalue weighted by Crippen LogP contribution is -2.41. The number of benzene rings is 1. The van der Waals surface area contributed by atoms with Gasteiger partial charge in [-0.05, 0) is 24.6 Å². The normalized spacial score (nSPS) is 25.1. The van der Waals surface area contributed by atoms with Crippen molar-refractivity contribution >= 4 is 27.9 Å². The molecule has 5 heteroatoms. The minimum Gasteiger partial charge on any atom is -0.481 e. The first-order valence-corrected chi connectivity index (χ1v) is 6.77. The molecule has 0 saturated heterocycles. The maximum atomic E-state index is 11.5. The summed E-state index contributed by atoms with van der Waals surface area (Å²) in [6, 6.07) is 7.08. The Labute approximate surface area is 124 Å². The Morgan fingerprint density at radius 3 is 2.55 bits per heavy atom. The van der Waals surface area contributed by atoms with Gasteiger partial charge in [0.25, 0.3) is 0 Å². The van der Waals surface area contributed by atoms with Crippen LogP contribution < -0.4 is 0 Å². The van der Waals surface area contributed by atoms with Gasteiger partial charge < -0.3 is 10.2 Å². The highest BCUT2D eigenvalue weighted by atomic mass is 79.9.